The fourth-order valence-electron chi connectivity index (χ4n) is 2.89. The van der Waals surface area contributed by atoms with E-state index in [2.05, 4.69) is 55.3 Å². The average Bonchev–Trinajstić information content (AvgIpc) is 2.57. The number of hydrogen-bond acceptors (Lipinski definition) is 2. The zero-order valence-electron chi connectivity index (χ0n) is 16.0. The first-order valence-corrected chi connectivity index (χ1v) is 9.91. The van der Waals surface area contributed by atoms with Crippen molar-refractivity contribution < 1.29 is 4.84 Å². The maximum absolute atomic E-state index is 5.81. The van der Waals surface area contributed by atoms with Crippen molar-refractivity contribution in [3.63, 3.8) is 0 Å². The van der Waals surface area contributed by atoms with Crippen molar-refractivity contribution in [2.75, 3.05) is 42.3 Å². The van der Waals surface area contributed by atoms with Crippen LogP contribution in [0.3, 0.4) is 0 Å². The molecule has 5 nitrogen and oxygen atoms in total. The Kier molecular flexibility index (Phi) is 6.79. The van der Waals surface area contributed by atoms with Crippen molar-refractivity contribution in [2.24, 2.45) is 4.91 Å². The third-order valence-electron chi connectivity index (χ3n) is 4.04. The summed E-state index contributed by atoms with van der Waals surface area (Å²) < 4.78 is 6.37. The van der Waals surface area contributed by atoms with Crippen LogP contribution >= 0.6 is 7.51 Å². The van der Waals surface area contributed by atoms with Gasteiger partial charge in [-0.1, -0.05) is 47.4 Å². The molecule has 0 saturated heterocycles. The predicted octanol–water partition coefficient (Wildman–Crippen LogP) is 4.20. The predicted molar refractivity (Wildman–Crippen MR) is 107 cm³/mol. The second kappa shape index (κ2) is 8.63. The van der Waals surface area contributed by atoms with Gasteiger partial charge >= 0.3 is 0 Å². The van der Waals surface area contributed by atoms with Gasteiger partial charge in [-0.25, -0.2) is 14.0 Å². The van der Waals surface area contributed by atoms with Crippen LogP contribution in [-0.4, -0.2) is 56.3 Å². The van der Waals surface area contributed by atoms with E-state index in [0.717, 1.165) is 12.2 Å². The molecule has 0 atom stereocenters. The van der Waals surface area contributed by atoms with Gasteiger partial charge in [0.05, 0.1) is 0 Å². The van der Waals surface area contributed by atoms with E-state index in [4.69, 9.17) is 4.84 Å². The van der Waals surface area contributed by atoms with E-state index >= 15 is 0 Å². The standard InChI is InChI=1S/C19H29N4OP/c1-21(2)25(22(3)4,23(5)6)20-24-19-14-12-18(13-15-19)16-17-10-8-7-9-11-17/h7-15H,16H2,1-6H3. The van der Waals surface area contributed by atoms with Crippen LogP contribution in [0.5, 0.6) is 5.75 Å². The molecule has 136 valence electrons. The van der Waals surface area contributed by atoms with Gasteiger partial charge in [0.15, 0.2) is 5.75 Å². The van der Waals surface area contributed by atoms with Crippen LogP contribution in [0.25, 0.3) is 0 Å². The van der Waals surface area contributed by atoms with E-state index in [1.165, 1.54) is 11.1 Å². The van der Waals surface area contributed by atoms with Crippen LogP contribution in [0.4, 0.5) is 0 Å². The average molecular weight is 360 g/mol. The van der Waals surface area contributed by atoms with Gasteiger partial charge in [-0.3, -0.25) is 0 Å². The van der Waals surface area contributed by atoms with Gasteiger partial charge < -0.3 is 4.84 Å². The Morgan fingerprint density at radius 2 is 1.20 bits per heavy atom. The highest BCUT2D eigenvalue weighted by Crippen LogP contribution is 2.54. The first-order chi connectivity index (χ1) is 11.9. The zero-order valence-corrected chi connectivity index (χ0v) is 16.9. The molecule has 0 spiro atoms. The van der Waals surface area contributed by atoms with E-state index < -0.39 is 7.51 Å². The smallest absolute Gasteiger partial charge is 0.210 e. The Labute approximate surface area is 152 Å². The molecule has 0 aliphatic heterocycles. The second-order valence-corrected chi connectivity index (χ2v) is 10.2. The molecule has 0 heterocycles. The highest BCUT2D eigenvalue weighted by atomic mass is 31.2. The fourth-order valence-corrected chi connectivity index (χ4v) is 5.68. The molecule has 25 heavy (non-hydrogen) atoms. The lowest BCUT2D eigenvalue weighted by Gasteiger charge is -2.39. The molecule has 0 bridgehead atoms. The Balaban J connectivity index is 2.17. The van der Waals surface area contributed by atoms with Gasteiger partial charge in [-0.15, -0.1) is 0 Å². The van der Waals surface area contributed by atoms with Crippen molar-refractivity contribution in [3.05, 3.63) is 65.7 Å². The molecule has 2 rings (SSSR count). The molecule has 0 unspecified atom stereocenters. The van der Waals surface area contributed by atoms with Crippen LogP contribution in [0.1, 0.15) is 11.1 Å². The summed E-state index contributed by atoms with van der Waals surface area (Å²) in [6.07, 6.45) is 0.919. The summed E-state index contributed by atoms with van der Waals surface area (Å²) in [5.74, 6) is 0.756. The molecule has 0 aliphatic rings. The SMILES string of the molecule is CN(C)P(=NOc1ccc(Cc2ccccc2)cc1)(N(C)C)N(C)C. The summed E-state index contributed by atoms with van der Waals surface area (Å²) in [6, 6.07) is 18.6. The largest absolute Gasteiger partial charge is 0.355 e. The zero-order chi connectivity index (χ0) is 18.4. The summed E-state index contributed by atoms with van der Waals surface area (Å²) in [5.41, 5.74) is 2.56. The van der Waals surface area contributed by atoms with Crippen molar-refractivity contribution in [2.45, 2.75) is 6.42 Å². The third kappa shape index (κ3) is 4.71. The van der Waals surface area contributed by atoms with Crippen LogP contribution < -0.4 is 4.84 Å². The van der Waals surface area contributed by atoms with Gasteiger partial charge in [0.1, 0.15) is 0 Å². The molecule has 0 saturated carbocycles. The number of hydrogen-bond donors (Lipinski definition) is 0. The lowest BCUT2D eigenvalue weighted by Crippen LogP contribution is -2.31. The van der Waals surface area contributed by atoms with Crippen molar-refractivity contribution >= 4 is 7.51 Å². The Bertz CT molecular complexity index is 683. The normalized spacial score (nSPS) is 12.0. The van der Waals surface area contributed by atoms with E-state index in [1.807, 2.05) is 60.5 Å². The monoisotopic (exact) mass is 360 g/mol. The molecule has 0 N–H and O–H groups in total. The molecule has 0 radical (unpaired) electrons. The van der Waals surface area contributed by atoms with Crippen molar-refractivity contribution in [1.82, 2.24) is 14.0 Å². The fraction of sp³-hybridized carbons (Fsp3) is 0.368. The molecule has 6 heteroatoms. The van der Waals surface area contributed by atoms with Gasteiger partial charge in [-0.2, -0.15) is 0 Å². The summed E-state index contributed by atoms with van der Waals surface area (Å²) in [4.78, 5) is 10.4. The molecule has 0 amide bonds. The Morgan fingerprint density at radius 1 is 0.720 bits per heavy atom. The third-order valence-corrected chi connectivity index (χ3v) is 7.56. The molecule has 0 fully saturated rings. The first-order valence-electron chi connectivity index (χ1n) is 8.31. The van der Waals surface area contributed by atoms with Crippen LogP contribution in [0, 0.1) is 0 Å². The van der Waals surface area contributed by atoms with Crippen molar-refractivity contribution in [1.29, 1.82) is 0 Å². The summed E-state index contributed by atoms with van der Waals surface area (Å²) in [7, 11) is 10.1. The van der Waals surface area contributed by atoms with E-state index in [-0.39, 0.29) is 0 Å². The molecule has 0 aliphatic carbocycles. The molecule has 2 aromatic carbocycles. The minimum atomic E-state index is -2.04. The lowest BCUT2D eigenvalue weighted by atomic mass is 10.1. The quantitative estimate of drug-likeness (QED) is 0.547. The van der Waals surface area contributed by atoms with Gasteiger partial charge in [0.25, 0.3) is 0 Å². The van der Waals surface area contributed by atoms with Gasteiger partial charge in [0, 0.05) is 0 Å². The lowest BCUT2D eigenvalue weighted by molar-refractivity contribution is 0.324. The van der Waals surface area contributed by atoms with Crippen molar-refractivity contribution in [3.8, 4) is 5.75 Å². The highest BCUT2D eigenvalue weighted by Gasteiger charge is 2.29. The van der Waals surface area contributed by atoms with Crippen LogP contribution in [-0.2, 0) is 6.42 Å². The molecular weight excluding hydrogens is 331 g/mol. The maximum atomic E-state index is 5.81. The number of benzene rings is 2. The van der Waals surface area contributed by atoms with Crippen LogP contribution in [0.15, 0.2) is 59.5 Å². The number of rotatable bonds is 7. The Hall–Kier alpha value is -1.65. The minimum absolute atomic E-state index is 0.756. The summed E-state index contributed by atoms with van der Waals surface area (Å²) >= 11 is 0. The van der Waals surface area contributed by atoms with Crippen LogP contribution in [0.2, 0.25) is 0 Å². The van der Waals surface area contributed by atoms with Gasteiger partial charge in [-0.05, 0) is 72.0 Å². The molecular formula is C19H29N4OP. The van der Waals surface area contributed by atoms with E-state index in [9.17, 15) is 0 Å². The molecule has 2 aromatic rings. The first kappa shape index (κ1) is 19.7. The Morgan fingerprint density at radius 3 is 1.68 bits per heavy atom. The highest BCUT2D eigenvalue weighted by molar-refractivity contribution is 7.58. The minimum Gasteiger partial charge on any atom is -0.355 e. The second-order valence-electron chi connectivity index (χ2n) is 6.56. The van der Waals surface area contributed by atoms with E-state index in [1.54, 1.807) is 0 Å². The summed E-state index contributed by atoms with van der Waals surface area (Å²) in [6.45, 7) is 0. The topological polar surface area (TPSA) is 31.3 Å². The maximum Gasteiger partial charge on any atom is 0.210 e. The summed E-state index contributed by atoms with van der Waals surface area (Å²) in [5, 5.41) is 0. The molecule has 0 aromatic heterocycles. The van der Waals surface area contributed by atoms with E-state index in [0.29, 0.717) is 0 Å². The van der Waals surface area contributed by atoms with Gasteiger partial charge in [0.2, 0.25) is 7.51 Å². The number of nitrogens with zero attached hydrogens (tertiary/aromatic N) is 4.